The normalized spacial score (nSPS) is 46.9. The first kappa shape index (κ1) is 11.8. The Morgan fingerprint density at radius 2 is 2.12 bits per heavy atom. The largest absolute Gasteiger partial charge is 0.377 e. The van der Waals surface area contributed by atoms with Crippen molar-refractivity contribution in [1.29, 1.82) is 0 Å². The molecule has 0 spiro atoms. The first-order valence-corrected chi connectivity index (χ1v) is 7.23. The first-order valence-electron chi connectivity index (χ1n) is 7.23. The van der Waals surface area contributed by atoms with Crippen LogP contribution in [0.5, 0.6) is 0 Å². The van der Waals surface area contributed by atoms with Crippen LogP contribution in [0, 0.1) is 35.0 Å². The van der Waals surface area contributed by atoms with Crippen LogP contribution in [0.15, 0.2) is 12.2 Å². The third kappa shape index (κ3) is 1.62. The molecule has 1 nitrogen and oxygen atoms in total. The lowest BCUT2D eigenvalue weighted by atomic mass is 9.71. The molecule has 1 heterocycles. The Morgan fingerprint density at radius 1 is 1.41 bits per heavy atom. The second kappa shape index (κ2) is 3.60. The smallest absolute Gasteiger partial charge is 0.0646 e. The zero-order chi connectivity index (χ0) is 12.4. The van der Waals surface area contributed by atoms with Gasteiger partial charge in [-0.2, -0.15) is 0 Å². The molecule has 5 atom stereocenters. The van der Waals surface area contributed by atoms with Crippen molar-refractivity contribution in [3.8, 4) is 0 Å². The lowest BCUT2D eigenvalue weighted by Crippen LogP contribution is -2.41. The lowest BCUT2D eigenvalue weighted by molar-refractivity contribution is -0.0561. The maximum absolute atomic E-state index is 6.16. The molecular formula is C16H26O. The number of fused-ring (bicyclic) bond motifs is 4. The molecule has 0 unspecified atom stereocenters. The van der Waals surface area contributed by atoms with Gasteiger partial charge in [0.2, 0.25) is 0 Å². The van der Waals surface area contributed by atoms with Crippen molar-refractivity contribution in [2.75, 3.05) is 6.61 Å². The zero-order valence-electron chi connectivity index (χ0n) is 11.7. The Morgan fingerprint density at radius 3 is 2.76 bits per heavy atom. The van der Waals surface area contributed by atoms with Crippen LogP contribution < -0.4 is 0 Å². The molecule has 0 aromatic rings. The molecule has 2 aliphatic carbocycles. The van der Waals surface area contributed by atoms with Crippen LogP contribution in [-0.2, 0) is 4.74 Å². The molecule has 1 heteroatoms. The Balaban J connectivity index is 1.85. The molecule has 0 N–H and O–H groups in total. The van der Waals surface area contributed by atoms with E-state index in [0.717, 1.165) is 24.4 Å². The fraction of sp³-hybridized carbons (Fsp3) is 0.875. The highest BCUT2D eigenvalue weighted by molar-refractivity contribution is 5.26. The van der Waals surface area contributed by atoms with E-state index in [1.807, 2.05) is 0 Å². The van der Waals surface area contributed by atoms with E-state index in [1.54, 1.807) is 0 Å². The minimum atomic E-state index is 0.452. The molecular weight excluding hydrogens is 208 g/mol. The van der Waals surface area contributed by atoms with Crippen LogP contribution in [0.3, 0.4) is 0 Å². The topological polar surface area (TPSA) is 9.23 Å². The predicted molar refractivity (Wildman–Crippen MR) is 70.7 cm³/mol. The van der Waals surface area contributed by atoms with E-state index >= 15 is 0 Å². The molecule has 3 rings (SSSR count). The lowest BCUT2D eigenvalue weighted by Gasteiger charge is -2.42. The summed E-state index contributed by atoms with van der Waals surface area (Å²) in [6.07, 6.45) is 2.99. The van der Waals surface area contributed by atoms with Crippen molar-refractivity contribution in [2.24, 2.45) is 35.0 Å². The van der Waals surface area contributed by atoms with Gasteiger partial charge in [0.1, 0.15) is 0 Å². The van der Waals surface area contributed by atoms with Crippen LogP contribution >= 0.6 is 0 Å². The SMILES string of the molecule is C=C1[C@H]2CO[C@H](CC(C)C)[C@H]1[C@@H]1[C@@H](C2)C1(C)C. The summed E-state index contributed by atoms with van der Waals surface area (Å²) >= 11 is 0. The highest BCUT2D eigenvalue weighted by Crippen LogP contribution is 2.70. The van der Waals surface area contributed by atoms with Gasteiger partial charge in [0, 0.05) is 11.8 Å². The summed E-state index contributed by atoms with van der Waals surface area (Å²) in [6, 6.07) is 0. The fourth-order valence-corrected chi connectivity index (χ4v) is 4.58. The van der Waals surface area contributed by atoms with Crippen molar-refractivity contribution >= 4 is 0 Å². The monoisotopic (exact) mass is 234 g/mol. The average Bonchev–Trinajstić information content (AvgIpc) is 2.71. The molecule has 96 valence electrons. The van der Waals surface area contributed by atoms with E-state index in [-0.39, 0.29) is 0 Å². The number of ether oxygens (including phenoxy) is 1. The molecule has 17 heavy (non-hydrogen) atoms. The summed E-state index contributed by atoms with van der Waals surface area (Å²) in [4.78, 5) is 0. The van der Waals surface area contributed by atoms with Gasteiger partial charge in [-0.15, -0.1) is 0 Å². The standard InChI is InChI=1S/C16H26O/c1-9(2)6-13-14-10(3)11(8-17-13)7-12-15(14)16(12,4)5/h9,11-15H,3,6-8H2,1-2,4-5H3/t11-,12-,13-,14+,15+/m1/s1. The van der Waals surface area contributed by atoms with Gasteiger partial charge in [-0.25, -0.2) is 0 Å². The molecule has 2 saturated carbocycles. The van der Waals surface area contributed by atoms with Gasteiger partial charge >= 0.3 is 0 Å². The van der Waals surface area contributed by atoms with Crippen molar-refractivity contribution in [1.82, 2.24) is 0 Å². The minimum Gasteiger partial charge on any atom is -0.377 e. The third-order valence-corrected chi connectivity index (χ3v) is 5.63. The van der Waals surface area contributed by atoms with Gasteiger partial charge in [0.05, 0.1) is 12.7 Å². The van der Waals surface area contributed by atoms with E-state index < -0.39 is 0 Å². The third-order valence-electron chi connectivity index (χ3n) is 5.63. The molecule has 0 radical (unpaired) electrons. The molecule has 2 bridgehead atoms. The maximum atomic E-state index is 6.16. The van der Waals surface area contributed by atoms with E-state index in [1.165, 1.54) is 18.4 Å². The second-order valence-electron chi connectivity index (χ2n) is 7.49. The number of hydrogen-bond donors (Lipinski definition) is 0. The molecule has 3 fully saturated rings. The van der Waals surface area contributed by atoms with Crippen LogP contribution in [0.25, 0.3) is 0 Å². The number of hydrogen-bond acceptors (Lipinski definition) is 1. The number of rotatable bonds is 2. The molecule has 0 amide bonds. The summed E-state index contributed by atoms with van der Waals surface area (Å²) in [5.41, 5.74) is 2.07. The summed E-state index contributed by atoms with van der Waals surface area (Å²) in [6.45, 7) is 14.9. The van der Waals surface area contributed by atoms with Crippen molar-refractivity contribution in [3.63, 3.8) is 0 Å². The molecule has 3 aliphatic rings. The van der Waals surface area contributed by atoms with Gasteiger partial charge in [-0.1, -0.05) is 39.8 Å². The van der Waals surface area contributed by atoms with E-state index in [2.05, 4.69) is 34.3 Å². The Kier molecular flexibility index (Phi) is 2.49. The summed E-state index contributed by atoms with van der Waals surface area (Å²) in [7, 11) is 0. The van der Waals surface area contributed by atoms with Crippen LogP contribution in [0.4, 0.5) is 0 Å². The van der Waals surface area contributed by atoms with Gasteiger partial charge in [-0.3, -0.25) is 0 Å². The fourth-order valence-electron chi connectivity index (χ4n) is 4.58. The van der Waals surface area contributed by atoms with Crippen LogP contribution in [0.1, 0.15) is 40.5 Å². The Labute approximate surface area is 106 Å². The van der Waals surface area contributed by atoms with Crippen LogP contribution in [0.2, 0.25) is 0 Å². The molecule has 0 aromatic carbocycles. The van der Waals surface area contributed by atoms with Gasteiger partial charge < -0.3 is 4.74 Å². The minimum absolute atomic E-state index is 0.452. The quantitative estimate of drug-likeness (QED) is 0.659. The zero-order valence-corrected chi connectivity index (χ0v) is 11.7. The van der Waals surface area contributed by atoms with Crippen molar-refractivity contribution in [2.45, 2.75) is 46.6 Å². The van der Waals surface area contributed by atoms with Crippen molar-refractivity contribution < 1.29 is 4.74 Å². The average molecular weight is 234 g/mol. The van der Waals surface area contributed by atoms with Gasteiger partial charge in [0.25, 0.3) is 0 Å². The first-order chi connectivity index (χ1) is 7.93. The summed E-state index contributed by atoms with van der Waals surface area (Å²) < 4.78 is 6.16. The van der Waals surface area contributed by atoms with Gasteiger partial charge in [-0.05, 0) is 36.0 Å². The summed E-state index contributed by atoms with van der Waals surface area (Å²) in [5.74, 6) is 3.85. The highest BCUT2D eigenvalue weighted by Gasteiger charge is 2.66. The molecule has 0 aromatic heterocycles. The van der Waals surface area contributed by atoms with Crippen LogP contribution in [-0.4, -0.2) is 12.7 Å². The van der Waals surface area contributed by atoms with E-state index in [0.29, 0.717) is 23.4 Å². The molecule has 1 aliphatic heterocycles. The second-order valence-corrected chi connectivity index (χ2v) is 7.49. The van der Waals surface area contributed by atoms with E-state index in [4.69, 9.17) is 4.74 Å². The van der Waals surface area contributed by atoms with E-state index in [9.17, 15) is 0 Å². The molecule has 1 saturated heterocycles. The Hall–Kier alpha value is -0.300. The van der Waals surface area contributed by atoms with Crippen molar-refractivity contribution in [3.05, 3.63) is 12.2 Å². The predicted octanol–water partition coefficient (Wildman–Crippen LogP) is 3.90. The van der Waals surface area contributed by atoms with Gasteiger partial charge in [0.15, 0.2) is 0 Å². The summed E-state index contributed by atoms with van der Waals surface area (Å²) in [5, 5.41) is 0. The Bertz CT molecular complexity index is 341. The maximum Gasteiger partial charge on any atom is 0.0646 e. The highest BCUT2D eigenvalue weighted by atomic mass is 16.5.